The van der Waals surface area contributed by atoms with E-state index in [2.05, 4.69) is 20.7 Å². The molecule has 1 aromatic heterocycles. The molecule has 212 valence electrons. The lowest BCUT2D eigenvalue weighted by atomic mass is 10.2. The van der Waals surface area contributed by atoms with Gasteiger partial charge in [0.15, 0.2) is 22.5 Å². The molecule has 0 saturated carbocycles. The van der Waals surface area contributed by atoms with Gasteiger partial charge in [0.25, 0.3) is 5.91 Å². The van der Waals surface area contributed by atoms with E-state index in [9.17, 15) is 4.79 Å². The molecule has 0 atom stereocenters. The Morgan fingerprint density at radius 1 is 0.929 bits per heavy atom. The number of hydrogen-bond donors (Lipinski definition) is 1. The van der Waals surface area contributed by atoms with Crippen LogP contribution < -0.4 is 14.9 Å². The van der Waals surface area contributed by atoms with Crippen molar-refractivity contribution in [1.29, 1.82) is 0 Å². The minimum Gasteiger partial charge on any atom is -0.493 e. The smallest absolute Gasteiger partial charge is 0.250 e. The molecular formula is C31H25Cl2N5O3S. The highest BCUT2D eigenvalue weighted by Gasteiger charge is 2.17. The van der Waals surface area contributed by atoms with E-state index in [1.807, 2.05) is 71.3 Å². The van der Waals surface area contributed by atoms with Crippen LogP contribution in [0.2, 0.25) is 10.0 Å². The molecule has 0 spiro atoms. The van der Waals surface area contributed by atoms with Gasteiger partial charge in [-0.3, -0.25) is 9.36 Å². The number of benzene rings is 4. The molecule has 1 N–H and O–H groups in total. The lowest BCUT2D eigenvalue weighted by molar-refractivity contribution is -0.118. The normalized spacial score (nSPS) is 11.0. The topological polar surface area (TPSA) is 90.6 Å². The zero-order valence-corrected chi connectivity index (χ0v) is 24.7. The average molecular weight is 619 g/mol. The minimum atomic E-state index is -0.301. The second-order valence-corrected chi connectivity index (χ2v) is 10.7. The highest BCUT2D eigenvalue weighted by Crippen LogP contribution is 2.30. The maximum absolute atomic E-state index is 12.6. The third-order valence-corrected chi connectivity index (χ3v) is 7.41. The van der Waals surface area contributed by atoms with E-state index in [1.165, 1.54) is 11.8 Å². The van der Waals surface area contributed by atoms with E-state index < -0.39 is 0 Å². The molecule has 4 aromatic carbocycles. The number of hydrogen-bond acceptors (Lipinski definition) is 7. The van der Waals surface area contributed by atoms with E-state index in [0.29, 0.717) is 39.1 Å². The predicted molar refractivity (Wildman–Crippen MR) is 167 cm³/mol. The third kappa shape index (κ3) is 7.50. The summed E-state index contributed by atoms with van der Waals surface area (Å²) in [6.07, 6.45) is 1.54. The van der Waals surface area contributed by atoms with E-state index in [0.717, 1.165) is 22.4 Å². The first-order chi connectivity index (χ1) is 20.5. The van der Waals surface area contributed by atoms with E-state index in [1.54, 1.807) is 43.7 Å². The summed E-state index contributed by atoms with van der Waals surface area (Å²) in [5, 5.41) is 14.6. The maximum Gasteiger partial charge on any atom is 0.250 e. The predicted octanol–water partition coefficient (Wildman–Crippen LogP) is 7.07. The maximum atomic E-state index is 12.6. The van der Waals surface area contributed by atoms with E-state index in [-0.39, 0.29) is 11.7 Å². The number of halogens is 2. The molecule has 0 unspecified atom stereocenters. The summed E-state index contributed by atoms with van der Waals surface area (Å²) in [5.41, 5.74) is 5.99. The van der Waals surface area contributed by atoms with Gasteiger partial charge in [-0.15, -0.1) is 10.2 Å². The Hall–Kier alpha value is -4.31. The van der Waals surface area contributed by atoms with Crippen molar-refractivity contribution in [3.05, 3.63) is 118 Å². The largest absolute Gasteiger partial charge is 0.493 e. The van der Waals surface area contributed by atoms with Crippen molar-refractivity contribution in [1.82, 2.24) is 20.2 Å². The van der Waals surface area contributed by atoms with Gasteiger partial charge >= 0.3 is 0 Å². The average Bonchev–Trinajstić information content (AvgIpc) is 3.44. The molecule has 1 amide bonds. The summed E-state index contributed by atoms with van der Waals surface area (Å²) in [6, 6.07) is 29.9. The fourth-order valence-electron chi connectivity index (χ4n) is 3.93. The van der Waals surface area contributed by atoms with Crippen LogP contribution in [0.4, 0.5) is 0 Å². The molecule has 0 aliphatic heterocycles. The lowest BCUT2D eigenvalue weighted by Gasteiger charge is -2.11. The molecule has 8 nitrogen and oxygen atoms in total. The van der Waals surface area contributed by atoms with Crippen LogP contribution in [0.25, 0.3) is 17.1 Å². The second-order valence-electron chi connectivity index (χ2n) is 8.89. The van der Waals surface area contributed by atoms with Crippen LogP contribution in [0.3, 0.4) is 0 Å². The molecule has 0 bridgehead atoms. The Balaban J connectivity index is 1.23. The molecule has 11 heteroatoms. The van der Waals surface area contributed by atoms with Gasteiger partial charge in [-0.1, -0.05) is 65.3 Å². The Labute approximate surface area is 257 Å². The quantitative estimate of drug-likeness (QED) is 0.0968. The SMILES string of the molecule is COc1cc(/C=N/NC(=O)CSc2nnc(-c3ccc(Cl)cc3)n2-c2ccc(Cl)cc2)ccc1OCc1ccccc1. The van der Waals surface area contributed by atoms with Gasteiger partial charge in [-0.05, 0) is 77.9 Å². The van der Waals surface area contributed by atoms with Crippen LogP contribution in [0.5, 0.6) is 11.5 Å². The first kappa shape index (κ1) is 29.2. The van der Waals surface area contributed by atoms with Crippen LogP contribution in [0.1, 0.15) is 11.1 Å². The van der Waals surface area contributed by atoms with Crippen LogP contribution in [-0.4, -0.2) is 39.7 Å². The summed E-state index contributed by atoms with van der Waals surface area (Å²) >= 11 is 13.4. The van der Waals surface area contributed by atoms with Gasteiger partial charge in [0, 0.05) is 21.3 Å². The first-order valence-corrected chi connectivity index (χ1v) is 14.5. The standard InChI is InChI=1S/C31H25Cl2N5O3S/c1-40-28-17-22(7-16-27(28)41-19-21-5-3-2-4-6-21)18-34-35-29(39)20-42-31-37-36-30(23-8-10-24(32)11-9-23)38(31)26-14-12-25(33)13-15-26/h2-18H,19-20H2,1H3,(H,35,39)/b34-18+. The number of ether oxygens (including phenoxy) is 2. The molecule has 5 rings (SSSR count). The molecule has 0 radical (unpaired) electrons. The number of rotatable bonds is 11. The zero-order valence-electron chi connectivity index (χ0n) is 22.4. The fraction of sp³-hybridized carbons (Fsp3) is 0.0968. The van der Waals surface area contributed by atoms with Gasteiger partial charge in [0.2, 0.25) is 0 Å². The van der Waals surface area contributed by atoms with Gasteiger partial charge in [0.05, 0.1) is 19.1 Å². The van der Waals surface area contributed by atoms with Crippen molar-refractivity contribution < 1.29 is 14.3 Å². The van der Waals surface area contributed by atoms with Crippen molar-refractivity contribution in [3.8, 4) is 28.6 Å². The summed E-state index contributed by atoms with van der Waals surface area (Å²) in [4.78, 5) is 12.6. The zero-order chi connectivity index (χ0) is 29.3. The number of nitrogens with one attached hydrogen (secondary N) is 1. The summed E-state index contributed by atoms with van der Waals surface area (Å²) in [5.74, 6) is 1.56. The van der Waals surface area contributed by atoms with Gasteiger partial charge < -0.3 is 9.47 Å². The molecule has 0 aliphatic carbocycles. The Kier molecular flexibility index (Phi) is 9.76. The van der Waals surface area contributed by atoms with Crippen LogP contribution in [0, 0.1) is 0 Å². The lowest BCUT2D eigenvalue weighted by Crippen LogP contribution is -2.20. The second kappa shape index (κ2) is 14.0. The van der Waals surface area contributed by atoms with Crippen LogP contribution in [-0.2, 0) is 11.4 Å². The molecule has 0 fully saturated rings. The van der Waals surface area contributed by atoms with Crippen LogP contribution >= 0.6 is 35.0 Å². The number of nitrogens with zero attached hydrogens (tertiary/aromatic N) is 4. The number of amides is 1. The Morgan fingerprint density at radius 2 is 1.64 bits per heavy atom. The van der Waals surface area contributed by atoms with Gasteiger partial charge in [-0.25, -0.2) is 5.43 Å². The monoisotopic (exact) mass is 617 g/mol. The highest BCUT2D eigenvalue weighted by molar-refractivity contribution is 7.99. The molecule has 42 heavy (non-hydrogen) atoms. The summed E-state index contributed by atoms with van der Waals surface area (Å²) in [7, 11) is 1.58. The summed E-state index contributed by atoms with van der Waals surface area (Å²) in [6.45, 7) is 0.422. The van der Waals surface area contributed by atoms with Crippen LogP contribution in [0.15, 0.2) is 107 Å². The van der Waals surface area contributed by atoms with Crippen molar-refractivity contribution in [3.63, 3.8) is 0 Å². The highest BCUT2D eigenvalue weighted by atomic mass is 35.5. The number of methoxy groups -OCH3 is 1. The molecule has 0 saturated heterocycles. The molecular weight excluding hydrogens is 593 g/mol. The fourth-order valence-corrected chi connectivity index (χ4v) is 4.93. The Morgan fingerprint density at radius 3 is 2.36 bits per heavy atom. The van der Waals surface area contributed by atoms with Crippen molar-refractivity contribution in [2.45, 2.75) is 11.8 Å². The summed E-state index contributed by atoms with van der Waals surface area (Å²) < 4.78 is 13.2. The van der Waals surface area contributed by atoms with Crippen molar-refractivity contribution >= 4 is 47.1 Å². The van der Waals surface area contributed by atoms with Gasteiger partial charge in [0.1, 0.15) is 6.61 Å². The number of carbonyl (C=O) groups is 1. The van der Waals surface area contributed by atoms with E-state index in [4.69, 9.17) is 32.7 Å². The van der Waals surface area contributed by atoms with E-state index >= 15 is 0 Å². The molecule has 0 aliphatic rings. The van der Waals surface area contributed by atoms with Crippen molar-refractivity contribution in [2.24, 2.45) is 5.10 Å². The van der Waals surface area contributed by atoms with Crippen molar-refractivity contribution in [2.75, 3.05) is 12.9 Å². The minimum absolute atomic E-state index is 0.0687. The molecule has 5 aromatic rings. The number of hydrazone groups is 1. The molecule has 1 heterocycles. The number of aromatic nitrogens is 3. The third-order valence-electron chi connectivity index (χ3n) is 5.98. The number of carbonyl (C=O) groups excluding carboxylic acids is 1. The Bertz CT molecular complexity index is 1680. The number of thioether (sulfide) groups is 1. The first-order valence-electron chi connectivity index (χ1n) is 12.8. The van der Waals surface area contributed by atoms with Gasteiger partial charge in [-0.2, -0.15) is 5.10 Å².